The zero-order chi connectivity index (χ0) is 20.4. The van der Waals surface area contributed by atoms with Crippen molar-refractivity contribution in [2.75, 3.05) is 34.4 Å². The number of aromatic nitrogens is 1. The van der Waals surface area contributed by atoms with Crippen molar-refractivity contribution in [2.45, 2.75) is 18.9 Å². The number of hydrogen-bond donors (Lipinski definition) is 1. The Morgan fingerprint density at radius 3 is 2.66 bits per heavy atom. The topological polar surface area (TPSA) is 63.8 Å². The molecule has 2 aromatic carbocycles. The Kier molecular flexibility index (Phi) is 5.45. The van der Waals surface area contributed by atoms with Crippen LogP contribution in [0.1, 0.15) is 22.7 Å². The van der Waals surface area contributed by atoms with Crippen molar-refractivity contribution in [1.82, 2.24) is 9.88 Å². The number of rotatable bonds is 6. The largest absolute Gasteiger partial charge is 0.493 e. The fourth-order valence-electron chi connectivity index (χ4n) is 4.25. The Bertz CT molecular complexity index is 1030. The molecule has 1 N–H and O–H groups in total. The van der Waals surface area contributed by atoms with Crippen molar-refractivity contribution < 1.29 is 19.0 Å². The third-order valence-electron chi connectivity index (χ3n) is 5.76. The smallest absolute Gasteiger partial charge is 0.319 e. The zero-order valence-corrected chi connectivity index (χ0v) is 17.0. The van der Waals surface area contributed by atoms with E-state index in [2.05, 4.69) is 46.4 Å². The van der Waals surface area contributed by atoms with Crippen molar-refractivity contribution in [3.8, 4) is 11.5 Å². The number of ether oxygens (including phenoxy) is 3. The quantitative estimate of drug-likeness (QED) is 0.649. The number of carbonyl (C=O) groups is 1. The molecule has 152 valence electrons. The van der Waals surface area contributed by atoms with Gasteiger partial charge in [0.15, 0.2) is 11.5 Å². The maximum absolute atomic E-state index is 12.1. The molecule has 29 heavy (non-hydrogen) atoms. The van der Waals surface area contributed by atoms with Crippen LogP contribution >= 0.6 is 0 Å². The lowest BCUT2D eigenvalue weighted by Gasteiger charge is -2.37. The first-order chi connectivity index (χ1) is 14.1. The Hall–Kier alpha value is -2.99. The summed E-state index contributed by atoms with van der Waals surface area (Å²) in [5.74, 6) is 1.21. The predicted molar refractivity (Wildman–Crippen MR) is 112 cm³/mol. The number of benzene rings is 2. The Labute approximate surface area is 170 Å². The number of nitrogens with zero attached hydrogens (tertiary/aromatic N) is 1. The maximum Gasteiger partial charge on any atom is 0.319 e. The number of esters is 1. The van der Waals surface area contributed by atoms with Crippen LogP contribution in [0.4, 0.5) is 0 Å². The van der Waals surface area contributed by atoms with Crippen LogP contribution in [0.15, 0.2) is 42.6 Å². The molecule has 1 aromatic heterocycles. The average molecular weight is 394 g/mol. The second-order valence-electron chi connectivity index (χ2n) is 7.28. The normalized spacial score (nSPS) is 16.4. The summed E-state index contributed by atoms with van der Waals surface area (Å²) >= 11 is 0. The lowest BCUT2D eigenvalue weighted by molar-refractivity contribution is -0.142. The standard InChI is InChI=1S/C23H26N2O4/c1-27-21-11-15-8-9-25(14-23(26)29-3)20(18(15)12-22(21)28-2)10-16-13-24-19-7-5-4-6-17(16)19/h4-7,11-13,20,24H,8-10,14H2,1-3H3/t20-/m0/s1. The third-order valence-corrected chi connectivity index (χ3v) is 5.76. The molecule has 0 radical (unpaired) electrons. The molecule has 6 nitrogen and oxygen atoms in total. The first kappa shape index (κ1) is 19.3. The molecule has 1 aliphatic heterocycles. The molecule has 1 atom stereocenters. The Morgan fingerprint density at radius 2 is 1.90 bits per heavy atom. The summed E-state index contributed by atoms with van der Waals surface area (Å²) in [5.41, 5.74) is 4.74. The molecule has 0 amide bonds. The van der Waals surface area contributed by atoms with E-state index in [1.165, 1.54) is 29.2 Å². The van der Waals surface area contributed by atoms with Gasteiger partial charge in [-0.1, -0.05) is 18.2 Å². The summed E-state index contributed by atoms with van der Waals surface area (Å²) in [6.07, 6.45) is 3.69. The highest BCUT2D eigenvalue weighted by Crippen LogP contribution is 2.40. The summed E-state index contributed by atoms with van der Waals surface area (Å²) in [6.45, 7) is 1.04. The zero-order valence-electron chi connectivity index (χ0n) is 17.0. The molecule has 0 aliphatic carbocycles. The van der Waals surface area contributed by atoms with Crippen LogP contribution in [0, 0.1) is 0 Å². The van der Waals surface area contributed by atoms with Gasteiger partial charge in [0.05, 0.1) is 27.9 Å². The van der Waals surface area contributed by atoms with Gasteiger partial charge in [-0.2, -0.15) is 0 Å². The monoisotopic (exact) mass is 394 g/mol. The SMILES string of the molecule is COC(=O)CN1CCc2cc(OC)c(OC)cc2[C@@H]1Cc1c[nH]c2ccccc12. The third kappa shape index (κ3) is 3.68. The number of H-pyrrole nitrogens is 1. The maximum atomic E-state index is 12.1. The molecule has 0 unspecified atom stereocenters. The van der Waals surface area contributed by atoms with Gasteiger partial charge in [0, 0.05) is 29.7 Å². The Balaban J connectivity index is 1.76. The van der Waals surface area contributed by atoms with E-state index in [1.54, 1.807) is 14.2 Å². The van der Waals surface area contributed by atoms with Crippen LogP contribution in [0.2, 0.25) is 0 Å². The summed E-state index contributed by atoms with van der Waals surface area (Å²) in [4.78, 5) is 17.6. The van der Waals surface area contributed by atoms with Gasteiger partial charge in [-0.05, 0) is 47.7 Å². The van der Waals surface area contributed by atoms with Gasteiger partial charge >= 0.3 is 5.97 Å². The summed E-state index contributed by atoms with van der Waals surface area (Å²) in [7, 11) is 4.73. The molecule has 0 saturated carbocycles. The van der Waals surface area contributed by atoms with Gasteiger partial charge in [-0.15, -0.1) is 0 Å². The molecule has 0 bridgehead atoms. The first-order valence-corrected chi connectivity index (χ1v) is 9.75. The molecule has 2 heterocycles. The van der Waals surface area contributed by atoms with Crippen molar-refractivity contribution >= 4 is 16.9 Å². The lowest BCUT2D eigenvalue weighted by Crippen LogP contribution is -2.40. The fraction of sp³-hybridized carbons (Fsp3) is 0.348. The van der Waals surface area contributed by atoms with Crippen molar-refractivity contribution in [3.63, 3.8) is 0 Å². The molecule has 0 spiro atoms. The minimum absolute atomic E-state index is 0.0388. The van der Waals surface area contributed by atoms with Gasteiger partial charge in [-0.3, -0.25) is 9.69 Å². The summed E-state index contributed by atoms with van der Waals surface area (Å²) in [5, 5.41) is 1.21. The van der Waals surface area contributed by atoms with Crippen LogP contribution < -0.4 is 9.47 Å². The van der Waals surface area contributed by atoms with Crippen LogP contribution in [0.25, 0.3) is 10.9 Å². The van der Waals surface area contributed by atoms with Crippen LogP contribution in [0.3, 0.4) is 0 Å². The van der Waals surface area contributed by atoms with Crippen LogP contribution in [-0.4, -0.2) is 50.3 Å². The van der Waals surface area contributed by atoms with E-state index in [4.69, 9.17) is 14.2 Å². The van der Waals surface area contributed by atoms with E-state index in [1.807, 2.05) is 6.07 Å². The highest BCUT2D eigenvalue weighted by Gasteiger charge is 2.31. The van der Waals surface area contributed by atoms with E-state index in [0.717, 1.165) is 30.7 Å². The average Bonchev–Trinajstić information content (AvgIpc) is 3.17. The number of carbonyl (C=O) groups excluding carboxylic acids is 1. The number of para-hydroxylation sites is 1. The summed E-state index contributed by atoms with van der Waals surface area (Å²) in [6, 6.07) is 12.4. The van der Waals surface area contributed by atoms with E-state index in [9.17, 15) is 4.79 Å². The first-order valence-electron chi connectivity index (χ1n) is 9.75. The minimum atomic E-state index is -0.224. The van der Waals surface area contributed by atoms with Gasteiger partial charge < -0.3 is 19.2 Å². The lowest BCUT2D eigenvalue weighted by atomic mass is 9.88. The molecule has 4 rings (SSSR count). The number of methoxy groups -OCH3 is 3. The molecular formula is C23H26N2O4. The number of fused-ring (bicyclic) bond motifs is 2. The second-order valence-corrected chi connectivity index (χ2v) is 7.28. The number of nitrogens with one attached hydrogen (secondary N) is 1. The second kappa shape index (κ2) is 8.17. The molecule has 0 saturated heterocycles. The van der Waals surface area contributed by atoms with Gasteiger partial charge in [0.2, 0.25) is 0 Å². The molecule has 1 aliphatic rings. The van der Waals surface area contributed by atoms with E-state index in [0.29, 0.717) is 5.75 Å². The molecular weight excluding hydrogens is 368 g/mol. The fourth-order valence-corrected chi connectivity index (χ4v) is 4.25. The van der Waals surface area contributed by atoms with Crippen LogP contribution in [0.5, 0.6) is 11.5 Å². The van der Waals surface area contributed by atoms with Crippen LogP contribution in [-0.2, 0) is 22.4 Å². The number of aromatic amines is 1. The molecule has 3 aromatic rings. The highest BCUT2D eigenvalue weighted by atomic mass is 16.5. The van der Waals surface area contributed by atoms with E-state index < -0.39 is 0 Å². The number of hydrogen-bond acceptors (Lipinski definition) is 5. The van der Waals surface area contributed by atoms with Gasteiger partial charge in [0.1, 0.15) is 0 Å². The van der Waals surface area contributed by atoms with Crippen molar-refractivity contribution in [3.05, 3.63) is 59.3 Å². The van der Waals surface area contributed by atoms with E-state index >= 15 is 0 Å². The van der Waals surface area contributed by atoms with Crippen molar-refractivity contribution in [2.24, 2.45) is 0 Å². The van der Waals surface area contributed by atoms with Crippen molar-refractivity contribution in [1.29, 1.82) is 0 Å². The van der Waals surface area contributed by atoms with Gasteiger partial charge in [0.25, 0.3) is 0 Å². The predicted octanol–water partition coefficient (Wildman–Crippen LogP) is 3.50. The molecule has 0 fully saturated rings. The summed E-state index contributed by atoms with van der Waals surface area (Å²) < 4.78 is 16.0. The highest BCUT2D eigenvalue weighted by molar-refractivity contribution is 5.83. The Morgan fingerprint density at radius 1 is 1.14 bits per heavy atom. The molecule has 6 heteroatoms. The van der Waals surface area contributed by atoms with E-state index in [-0.39, 0.29) is 18.6 Å². The van der Waals surface area contributed by atoms with Gasteiger partial charge in [-0.25, -0.2) is 0 Å². The minimum Gasteiger partial charge on any atom is -0.493 e.